The van der Waals surface area contributed by atoms with Crippen molar-refractivity contribution in [3.8, 4) is 0 Å². The molecule has 0 spiro atoms. The zero-order valence-electron chi connectivity index (χ0n) is 19.2. The number of hydrogen-bond acceptors (Lipinski definition) is 3. The van der Waals surface area contributed by atoms with Crippen LogP contribution in [0.2, 0.25) is 0 Å². The van der Waals surface area contributed by atoms with Gasteiger partial charge in [-0.2, -0.15) is 0 Å². The Morgan fingerprint density at radius 1 is 0.970 bits per heavy atom. The lowest BCUT2D eigenvalue weighted by Crippen LogP contribution is -2.35. The zero-order valence-corrected chi connectivity index (χ0v) is 19.2. The molecule has 0 radical (unpaired) electrons. The number of nitrogens with one attached hydrogen (secondary N) is 1. The summed E-state index contributed by atoms with van der Waals surface area (Å²) in [7, 11) is 0. The number of aromatic nitrogens is 1. The number of amides is 2. The first kappa shape index (κ1) is 22.7. The maximum atomic E-state index is 13.4. The van der Waals surface area contributed by atoms with Gasteiger partial charge in [0.1, 0.15) is 0 Å². The van der Waals surface area contributed by atoms with Crippen LogP contribution in [-0.2, 0) is 29.1 Å². The quantitative estimate of drug-likeness (QED) is 0.537. The van der Waals surface area contributed by atoms with Crippen LogP contribution in [0.4, 0.5) is 5.69 Å². The van der Waals surface area contributed by atoms with Crippen LogP contribution in [0.1, 0.15) is 48.1 Å². The van der Waals surface area contributed by atoms with Crippen LogP contribution >= 0.6 is 0 Å². The van der Waals surface area contributed by atoms with Crippen LogP contribution in [0, 0.1) is 12.8 Å². The number of nitrogens with zero attached hydrogens (tertiary/aromatic N) is 2. The van der Waals surface area contributed by atoms with E-state index in [1.54, 1.807) is 6.20 Å². The molecule has 3 aromatic rings. The van der Waals surface area contributed by atoms with Crippen molar-refractivity contribution in [2.75, 3.05) is 4.90 Å². The van der Waals surface area contributed by atoms with Gasteiger partial charge in [-0.3, -0.25) is 14.6 Å². The van der Waals surface area contributed by atoms with E-state index in [0.29, 0.717) is 19.5 Å². The maximum absolute atomic E-state index is 13.4. The molecule has 1 aliphatic carbocycles. The van der Waals surface area contributed by atoms with E-state index >= 15 is 0 Å². The third kappa shape index (κ3) is 6.07. The lowest BCUT2D eigenvalue weighted by atomic mass is 10.0. The SMILES string of the molecule is Cc1ccccc1CN(C(=O)C1CCCC1)c1ccc(CC(=O)NCc2ccccn2)cc1. The van der Waals surface area contributed by atoms with Crippen LogP contribution < -0.4 is 10.2 Å². The predicted molar refractivity (Wildman–Crippen MR) is 131 cm³/mol. The van der Waals surface area contributed by atoms with E-state index in [2.05, 4.69) is 29.4 Å². The Labute approximate surface area is 195 Å². The van der Waals surface area contributed by atoms with E-state index in [1.807, 2.05) is 59.5 Å². The number of rotatable bonds is 8. The molecule has 2 aromatic carbocycles. The molecule has 4 rings (SSSR count). The standard InChI is InChI=1S/C28H31N3O2/c1-21-8-2-3-11-24(21)20-31(28(33)23-9-4-5-10-23)26-15-13-22(14-16-26)18-27(32)30-19-25-12-6-7-17-29-25/h2-3,6-8,11-17,23H,4-5,9-10,18-20H2,1H3,(H,30,32). The summed E-state index contributed by atoms with van der Waals surface area (Å²) in [5, 5.41) is 2.91. The van der Waals surface area contributed by atoms with Gasteiger partial charge in [-0.05, 0) is 60.7 Å². The third-order valence-electron chi connectivity index (χ3n) is 6.37. The minimum Gasteiger partial charge on any atom is -0.350 e. The highest BCUT2D eigenvalue weighted by atomic mass is 16.2. The predicted octanol–water partition coefficient (Wildman–Crippen LogP) is 4.97. The molecule has 0 aliphatic heterocycles. The Morgan fingerprint density at radius 3 is 2.39 bits per heavy atom. The van der Waals surface area contributed by atoms with Gasteiger partial charge in [0.2, 0.25) is 11.8 Å². The van der Waals surface area contributed by atoms with Crippen LogP contribution in [0.3, 0.4) is 0 Å². The van der Waals surface area contributed by atoms with Crippen molar-refractivity contribution < 1.29 is 9.59 Å². The summed E-state index contributed by atoms with van der Waals surface area (Å²) in [5.41, 5.74) is 4.97. The normalized spacial score (nSPS) is 13.6. The van der Waals surface area contributed by atoms with E-state index in [4.69, 9.17) is 0 Å². The molecule has 1 saturated carbocycles. The molecular formula is C28H31N3O2. The summed E-state index contributed by atoms with van der Waals surface area (Å²) in [6.07, 6.45) is 6.20. The van der Waals surface area contributed by atoms with E-state index in [1.165, 1.54) is 5.56 Å². The Kier molecular flexibility index (Phi) is 7.51. The highest BCUT2D eigenvalue weighted by Crippen LogP contribution is 2.30. The van der Waals surface area contributed by atoms with Crippen LogP contribution in [0.5, 0.6) is 0 Å². The van der Waals surface area contributed by atoms with Crippen LogP contribution in [-0.4, -0.2) is 16.8 Å². The van der Waals surface area contributed by atoms with Crippen LogP contribution in [0.15, 0.2) is 72.9 Å². The number of hydrogen-bond donors (Lipinski definition) is 1. The van der Waals surface area contributed by atoms with Crippen LogP contribution in [0.25, 0.3) is 0 Å². The number of anilines is 1. The van der Waals surface area contributed by atoms with Gasteiger partial charge in [-0.15, -0.1) is 0 Å². The Balaban J connectivity index is 1.45. The van der Waals surface area contributed by atoms with Gasteiger partial charge in [-0.1, -0.05) is 55.3 Å². The number of carbonyl (C=O) groups is 2. The lowest BCUT2D eigenvalue weighted by molar-refractivity contribution is -0.122. The summed E-state index contributed by atoms with van der Waals surface area (Å²) >= 11 is 0. The minimum atomic E-state index is -0.0489. The number of benzene rings is 2. The highest BCUT2D eigenvalue weighted by molar-refractivity contribution is 5.95. The summed E-state index contributed by atoms with van der Waals surface area (Å²) in [6.45, 7) is 3.06. The van der Waals surface area contributed by atoms with E-state index < -0.39 is 0 Å². The number of aryl methyl sites for hydroxylation is 1. The molecule has 1 heterocycles. The third-order valence-corrected chi connectivity index (χ3v) is 6.37. The van der Waals surface area contributed by atoms with E-state index in [0.717, 1.165) is 48.2 Å². The van der Waals surface area contributed by atoms with Gasteiger partial charge >= 0.3 is 0 Å². The second-order valence-electron chi connectivity index (χ2n) is 8.77. The molecule has 170 valence electrons. The van der Waals surface area contributed by atoms with Gasteiger partial charge in [0.05, 0.1) is 25.2 Å². The first-order valence-corrected chi connectivity index (χ1v) is 11.7. The summed E-state index contributed by atoms with van der Waals surface area (Å²) in [6, 6.07) is 21.7. The molecule has 0 bridgehead atoms. The fraction of sp³-hybridized carbons (Fsp3) is 0.321. The summed E-state index contributed by atoms with van der Waals surface area (Å²) in [5.74, 6) is 0.259. The molecular weight excluding hydrogens is 410 g/mol. The lowest BCUT2D eigenvalue weighted by Gasteiger charge is -2.27. The molecule has 0 unspecified atom stereocenters. The van der Waals surface area contributed by atoms with Crippen molar-refractivity contribution >= 4 is 17.5 Å². The van der Waals surface area contributed by atoms with Crippen molar-refractivity contribution in [2.24, 2.45) is 5.92 Å². The van der Waals surface area contributed by atoms with Crippen molar-refractivity contribution in [3.05, 3.63) is 95.3 Å². The molecule has 33 heavy (non-hydrogen) atoms. The second-order valence-corrected chi connectivity index (χ2v) is 8.77. The molecule has 5 heteroatoms. The van der Waals surface area contributed by atoms with Gasteiger partial charge < -0.3 is 10.2 Å². The van der Waals surface area contributed by atoms with E-state index in [9.17, 15) is 9.59 Å². The highest BCUT2D eigenvalue weighted by Gasteiger charge is 2.28. The Morgan fingerprint density at radius 2 is 1.70 bits per heavy atom. The second kappa shape index (κ2) is 10.9. The molecule has 5 nitrogen and oxygen atoms in total. The smallest absolute Gasteiger partial charge is 0.230 e. The van der Waals surface area contributed by atoms with Crippen molar-refractivity contribution in [1.82, 2.24) is 10.3 Å². The average Bonchev–Trinajstić information content (AvgIpc) is 3.38. The number of carbonyl (C=O) groups excluding carboxylic acids is 2. The maximum Gasteiger partial charge on any atom is 0.230 e. The molecule has 2 amide bonds. The first-order valence-electron chi connectivity index (χ1n) is 11.7. The molecule has 1 fully saturated rings. The molecule has 0 atom stereocenters. The number of pyridine rings is 1. The zero-order chi connectivity index (χ0) is 23.0. The molecule has 1 N–H and O–H groups in total. The molecule has 0 saturated heterocycles. The van der Waals surface area contributed by atoms with E-state index in [-0.39, 0.29) is 17.7 Å². The van der Waals surface area contributed by atoms with Gasteiger partial charge in [0.15, 0.2) is 0 Å². The fourth-order valence-electron chi connectivity index (χ4n) is 4.38. The largest absolute Gasteiger partial charge is 0.350 e. The van der Waals surface area contributed by atoms with Gasteiger partial charge in [0, 0.05) is 17.8 Å². The Bertz CT molecular complexity index is 1070. The molecule has 1 aliphatic rings. The summed E-state index contributed by atoms with van der Waals surface area (Å²) in [4.78, 5) is 31.9. The summed E-state index contributed by atoms with van der Waals surface area (Å²) < 4.78 is 0. The van der Waals surface area contributed by atoms with Crippen molar-refractivity contribution in [1.29, 1.82) is 0 Å². The first-order chi connectivity index (χ1) is 16.1. The minimum absolute atomic E-state index is 0.0489. The fourth-order valence-corrected chi connectivity index (χ4v) is 4.38. The van der Waals surface area contributed by atoms with Gasteiger partial charge in [-0.25, -0.2) is 0 Å². The monoisotopic (exact) mass is 441 g/mol. The Hall–Kier alpha value is -3.47. The topological polar surface area (TPSA) is 62.3 Å². The van der Waals surface area contributed by atoms with Crippen molar-refractivity contribution in [3.63, 3.8) is 0 Å². The average molecular weight is 442 g/mol. The van der Waals surface area contributed by atoms with Crippen molar-refractivity contribution in [2.45, 2.75) is 52.1 Å². The van der Waals surface area contributed by atoms with Gasteiger partial charge in [0.25, 0.3) is 0 Å². The molecule has 1 aromatic heterocycles.